The van der Waals surface area contributed by atoms with Crippen LogP contribution in [0, 0.1) is 3.57 Å². The fourth-order valence-corrected chi connectivity index (χ4v) is 2.43. The number of nitrogens with one attached hydrogen (secondary N) is 1. The van der Waals surface area contributed by atoms with Gasteiger partial charge in [0, 0.05) is 15.5 Å². The number of halogens is 4. The number of nitrogens with zero attached hydrogens (tertiary/aromatic N) is 1. The Morgan fingerprint density at radius 2 is 1.78 bits per heavy atom. The fraction of sp³-hybridized carbons (Fsp3) is 0.0714. The van der Waals surface area contributed by atoms with E-state index < -0.39 is 18.5 Å². The molecular formula is C14H8Cl3IN2O3. The predicted octanol–water partition coefficient (Wildman–Crippen LogP) is 4.44. The molecule has 1 amide bonds. The van der Waals surface area contributed by atoms with E-state index >= 15 is 0 Å². The Bertz CT molecular complexity index is 754. The molecule has 5 nitrogen and oxygen atoms in total. The van der Waals surface area contributed by atoms with E-state index in [1.165, 1.54) is 6.20 Å². The topological polar surface area (TPSA) is 68.3 Å². The molecule has 0 aliphatic rings. The number of ether oxygens (including phenoxy) is 1. The van der Waals surface area contributed by atoms with Crippen LogP contribution in [0.1, 0.15) is 10.5 Å². The van der Waals surface area contributed by atoms with Crippen LogP contribution in [0.4, 0.5) is 5.69 Å². The van der Waals surface area contributed by atoms with Crippen molar-refractivity contribution in [2.75, 3.05) is 11.9 Å². The van der Waals surface area contributed by atoms with Gasteiger partial charge in [-0.3, -0.25) is 4.79 Å². The summed E-state index contributed by atoms with van der Waals surface area (Å²) in [7, 11) is 0. The molecule has 120 valence electrons. The van der Waals surface area contributed by atoms with Gasteiger partial charge in [0.15, 0.2) is 12.3 Å². The number of hydrogen-bond donors (Lipinski definition) is 1. The first-order valence-corrected chi connectivity index (χ1v) is 8.32. The third kappa shape index (κ3) is 4.94. The Kier molecular flexibility index (Phi) is 6.46. The van der Waals surface area contributed by atoms with Crippen molar-refractivity contribution in [1.82, 2.24) is 4.98 Å². The van der Waals surface area contributed by atoms with Gasteiger partial charge in [-0.15, -0.1) is 0 Å². The highest BCUT2D eigenvalue weighted by atomic mass is 127. The Balaban J connectivity index is 1.95. The number of anilines is 1. The highest BCUT2D eigenvalue weighted by Crippen LogP contribution is 2.31. The van der Waals surface area contributed by atoms with Gasteiger partial charge in [-0.25, -0.2) is 9.78 Å². The van der Waals surface area contributed by atoms with E-state index in [0.29, 0.717) is 5.69 Å². The van der Waals surface area contributed by atoms with Crippen molar-refractivity contribution in [2.24, 2.45) is 0 Å². The highest BCUT2D eigenvalue weighted by Gasteiger charge is 2.19. The van der Waals surface area contributed by atoms with Crippen molar-refractivity contribution in [1.29, 1.82) is 0 Å². The van der Waals surface area contributed by atoms with Crippen molar-refractivity contribution >= 4 is 75.0 Å². The number of carbonyl (C=O) groups is 2. The zero-order valence-corrected chi connectivity index (χ0v) is 15.7. The SMILES string of the molecule is O=C(COC(=O)c1ncc(Cl)c(Cl)c1Cl)Nc1ccc(I)cc1. The summed E-state index contributed by atoms with van der Waals surface area (Å²) in [6.07, 6.45) is 1.18. The van der Waals surface area contributed by atoms with E-state index in [4.69, 9.17) is 39.5 Å². The van der Waals surface area contributed by atoms with Gasteiger partial charge < -0.3 is 10.1 Å². The number of amides is 1. The van der Waals surface area contributed by atoms with Crippen LogP contribution in [0.2, 0.25) is 15.1 Å². The standard InChI is InChI=1S/C14H8Cl3IN2O3/c15-9-5-19-13(12(17)11(9)16)14(22)23-6-10(21)20-8-3-1-7(18)2-4-8/h1-5H,6H2,(H,20,21). The van der Waals surface area contributed by atoms with Crippen LogP contribution in [0.5, 0.6) is 0 Å². The summed E-state index contributed by atoms with van der Waals surface area (Å²) in [4.78, 5) is 27.4. The molecule has 0 aliphatic carbocycles. The van der Waals surface area contributed by atoms with Gasteiger partial charge in [0.05, 0.1) is 15.1 Å². The molecule has 1 aromatic heterocycles. The molecule has 1 heterocycles. The third-order valence-electron chi connectivity index (χ3n) is 2.57. The van der Waals surface area contributed by atoms with Crippen molar-refractivity contribution in [3.05, 3.63) is 54.8 Å². The molecule has 0 saturated carbocycles. The first-order valence-electron chi connectivity index (χ1n) is 6.10. The van der Waals surface area contributed by atoms with Crippen molar-refractivity contribution in [3.63, 3.8) is 0 Å². The van der Waals surface area contributed by atoms with Crippen LogP contribution in [-0.2, 0) is 9.53 Å². The van der Waals surface area contributed by atoms with Gasteiger partial charge in [0.1, 0.15) is 0 Å². The molecule has 0 fully saturated rings. The summed E-state index contributed by atoms with van der Waals surface area (Å²) in [6, 6.07) is 7.14. The smallest absolute Gasteiger partial charge is 0.359 e. The van der Waals surface area contributed by atoms with Crippen LogP contribution in [-0.4, -0.2) is 23.5 Å². The van der Waals surface area contributed by atoms with E-state index in [-0.39, 0.29) is 20.8 Å². The van der Waals surface area contributed by atoms with Gasteiger partial charge in [-0.05, 0) is 46.9 Å². The molecule has 23 heavy (non-hydrogen) atoms. The monoisotopic (exact) mass is 484 g/mol. The number of benzene rings is 1. The first kappa shape index (κ1) is 18.3. The number of rotatable bonds is 4. The quantitative estimate of drug-likeness (QED) is 0.514. The Morgan fingerprint density at radius 3 is 2.43 bits per heavy atom. The molecule has 0 unspecified atom stereocenters. The van der Waals surface area contributed by atoms with Crippen molar-refractivity contribution in [2.45, 2.75) is 0 Å². The van der Waals surface area contributed by atoms with Gasteiger partial charge >= 0.3 is 5.97 Å². The van der Waals surface area contributed by atoms with Crippen LogP contribution in [0.15, 0.2) is 30.5 Å². The number of hydrogen-bond acceptors (Lipinski definition) is 4. The number of pyridine rings is 1. The molecule has 0 bridgehead atoms. The second-order valence-corrected chi connectivity index (χ2v) is 6.62. The number of carbonyl (C=O) groups excluding carboxylic acids is 2. The second kappa shape index (κ2) is 8.14. The van der Waals surface area contributed by atoms with Gasteiger partial charge in [0.25, 0.3) is 5.91 Å². The van der Waals surface area contributed by atoms with E-state index in [2.05, 4.69) is 32.9 Å². The fourth-order valence-electron chi connectivity index (χ4n) is 1.52. The number of aromatic nitrogens is 1. The van der Waals surface area contributed by atoms with Crippen LogP contribution in [0.3, 0.4) is 0 Å². The van der Waals surface area contributed by atoms with Crippen LogP contribution >= 0.6 is 57.4 Å². The van der Waals surface area contributed by atoms with Gasteiger partial charge in [-0.2, -0.15) is 0 Å². The second-order valence-electron chi connectivity index (χ2n) is 4.21. The van der Waals surface area contributed by atoms with Crippen molar-refractivity contribution < 1.29 is 14.3 Å². The summed E-state index contributed by atoms with van der Waals surface area (Å²) in [5.41, 5.74) is 0.389. The van der Waals surface area contributed by atoms with Crippen molar-refractivity contribution in [3.8, 4) is 0 Å². The summed E-state index contributed by atoms with van der Waals surface area (Å²) in [5, 5.41) is 2.58. The Hall–Kier alpha value is -1.09. The maximum atomic E-state index is 11.9. The van der Waals surface area contributed by atoms with Crippen LogP contribution < -0.4 is 5.32 Å². The molecule has 0 spiro atoms. The summed E-state index contributed by atoms with van der Waals surface area (Å²) in [6.45, 7) is -0.483. The molecule has 2 aromatic rings. The molecule has 9 heteroatoms. The maximum Gasteiger partial charge on any atom is 0.359 e. The average molecular weight is 485 g/mol. The molecule has 2 rings (SSSR count). The molecule has 0 radical (unpaired) electrons. The van der Waals surface area contributed by atoms with E-state index in [1.54, 1.807) is 12.1 Å². The van der Waals surface area contributed by atoms with E-state index in [9.17, 15) is 9.59 Å². The van der Waals surface area contributed by atoms with Gasteiger partial charge in [0.2, 0.25) is 0 Å². The zero-order chi connectivity index (χ0) is 17.0. The minimum Gasteiger partial charge on any atom is -0.451 e. The third-order valence-corrected chi connectivity index (χ3v) is 4.53. The first-order chi connectivity index (χ1) is 10.9. The molecular weight excluding hydrogens is 477 g/mol. The van der Waals surface area contributed by atoms with E-state index in [0.717, 1.165) is 3.57 Å². The maximum absolute atomic E-state index is 11.9. The lowest BCUT2D eigenvalue weighted by atomic mass is 10.3. The lowest BCUT2D eigenvalue weighted by Gasteiger charge is -2.08. The largest absolute Gasteiger partial charge is 0.451 e. The lowest BCUT2D eigenvalue weighted by molar-refractivity contribution is -0.119. The summed E-state index contributed by atoms with van der Waals surface area (Å²) >= 11 is 19.6. The zero-order valence-electron chi connectivity index (χ0n) is 11.3. The minimum atomic E-state index is -0.869. The molecule has 1 N–H and O–H groups in total. The molecule has 1 aromatic carbocycles. The van der Waals surface area contributed by atoms with Gasteiger partial charge in [-0.1, -0.05) is 34.8 Å². The Morgan fingerprint density at radius 1 is 1.13 bits per heavy atom. The summed E-state index contributed by atoms with van der Waals surface area (Å²) in [5.74, 6) is -1.36. The average Bonchev–Trinajstić information content (AvgIpc) is 2.53. The summed E-state index contributed by atoms with van der Waals surface area (Å²) < 4.78 is 5.89. The molecule has 0 saturated heterocycles. The predicted molar refractivity (Wildman–Crippen MR) is 97.3 cm³/mol. The van der Waals surface area contributed by atoms with Crippen LogP contribution in [0.25, 0.3) is 0 Å². The molecule has 0 aliphatic heterocycles. The number of esters is 1. The lowest BCUT2D eigenvalue weighted by Crippen LogP contribution is -2.21. The normalized spacial score (nSPS) is 10.3. The molecule has 0 atom stereocenters. The minimum absolute atomic E-state index is 0.00127. The van der Waals surface area contributed by atoms with E-state index in [1.807, 2.05) is 12.1 Å². The highest BCUT2D eigenvalue weighted by molar-refractivity contribution is 14.1. The Labute approximate surface area is 160 Å².